The number of aromatic nitrogens is 2. The second-order valence-electron chi connectivity index (χ2n) is 3.20. The zero-order chi connectivity index (χ0) is 10.8. The number of hydrogen-bond donors (Lipinski definition) is 0. The highest BCUT2D eigenvalue weighted by atomic mass is 35.5. The van der Waals surface area contributed by atoms with Crippen LogP contribution in [-0.2, 0) is 7.05 Å². The Morgan fingerprint density at radius 3 is 2.40 bits per heavy atom. The highest BCUT2D eigenvalue weighted by Crippen LogP contribution is 2.28. The summed E-state index contributed by atoms with van der Waals surface area (Å²) in [6, 6.07) is 7.72. The zero-order valence-electron chi connectivity index (χ0n) is 8.57. The van der Waals surface area contributed by atoms with Crippen LogP contribution in [0.2, 0.25) is 5.15 Å². The number of methoxy groups -OCH3 is 1. The smallest absolute Gasteiger partial charge is 0.134 e. The van der Waals surface area contributed by atoms with E-state index in [4.69, 9.17) is 16.3 Å². The van der Waals surface area contributed by atoms with Crippen LogP contribution in [0.3, 0.4) is 0 Å². The molecule has 0 unspecified atom stereocenters. The van der Waals surface area contributed by atoms with Crippen molar-refractivity contribution in [1.29, 1.82) is 0 Å². The van der Waals surface area contributed by atoms with Gasteiger partial charge in [0.2, 0.25) is 0 Å². The second kappa shape index (κ2) is 3.95. The molecule has 1 heterocycles. The molecule has 2 aromatic rings. The molecular formula is C11H11ClN2O. The first kappa shape index (κ1) is 10.1. The van der Waals surface area contributed by atoms with Crippen LogP contribution in [0.1, 0.15) is 0 Å². The Balaban J connectivity index is 2.41. The van der Waals surface area contributed by atoms with E-state index in [0.29, 0.717) is 5.15 Å². The van der Waals surface area contributed by atoms with Crippen LogP contribution in [0.5, 0.6) is 5.75 Å². The molecule has 15 heavy (non-hydrogen) atoms. The van der Waals surface area contributed by atoms with Gasteiger partial charge in [-0.05, 0) is 17.7 Å². The Bertz CT molecular complexity index is 462. The predicted molar refractivity (Wildman–Crippen MR) is 60.2 cm³/mol. The zero-order valence-corrected chi connectivity index (χ0v) is 9.32. The van der Waals surface area contributed by atoms with Crippen LogP contribution in [0.4, 0.5) is 0 Å². The molecule has 0 radical (unpaired) electrons. The Morgan fingerprint density at radius 1 is 1.27 bits per heavy atom. The quantitative estimate of drug-likeness (QED) is 0.781. The van der Waals surface area contributed by atoms with Gasteiger partial charge in [-0.3, -0.25) is 4.68 Å². The maximum absolute atomic E-state index is 6.09. The van der Waals surface area contributed by atoms with Crippen LogP contribution < -0.4 is 4.74 Å². The van der Waals surface area contributed by atoms with Crippen molar-refractivity contribution in [2.24, 2.45) is 7.05 Å². The highest BCUT2D eigenvalue weighted by Gasteiger charge is 2.07. The molecule has 1 aromatic heterocycles. The topological polar surface area (TPSA) is 27.1 Å². The Labute approximate surface area is 93.2 Å². The molecule has 0 aliphatic heterocycles. The second-order valence-corrected chi connectivity index (χ2v) is 3.56. The SMILES string of the molecule is COc1ccc(-c2cnn(C)c2Cl)cc1. The molecule has 78 valence electrons. The third-order valence-electron chi connectivity index (χ3n) is 2.27. The third kappa shape index (κ3) is 1.83. The van der Waals surface area contributed by atoms with E-state index in [0.717, 1.165) is 16.9 Å². The number of benzene rings is 1. The summed E-state index contributed by atoms with van der Waals surface area (Å²) < 4.78 is 6.73. The first-order chi connectivity index (χ1) is 7.22. The minimum Gasteiger partial charge on any atom is -0.497 e. The molecule has 0 amide bonds. The number of aryl methyl sites for hydroxylation is 1. The molecule has 0 bridgehead atoms. The Hall–Kier alpha value is -1.48. The van der Waals surface area contributed by atoms with E-state index in [-0.39, 0.29) is 0 Å². The molecule has 2 rings (SSSR count). The Kier molecular flexibility index (Phi) is 2.64. The van der Waals surface area contributed by atoms with Gasteiger partial charge in [0.15, 0.2) is 0 Å². The van der Waals surface area contributed by atoms with E-state index in [2.05, 4.69) is 5.10 Å². The molecule has 0 fully saturated rings. The molecular weight excluding hydrogens is 212 g/mol. The summed E-state index contributed by atoms with van der Waals surface area (Å²) in [6.45, 7) is 0. The summed E-state index contributed by atoms with van der Waals surface area (Å²) >= 11 is 6.09. The molecule has 0 saturated carbocycles. The summed E-state index contributed by atoms with van der Waals surface area (Å²) in [5.41, 5.74) is 1.97. The Morgan fingerprint density at radius 2 is 1.93 bits per heavy atom. The van der Waals surface area contributed by atoms with Gasteiger partial charge in [-0.15, -0.1) is 0 Å². The van der Waals surface area contributed by atoms with Crippen LogP contribution in [0.25, 0.3) is 11.1 Å². The molecule has 0 aliphatic carbocycles. The van der Waals surface area contributed by atoms with Gasteiger partial charge in [0.05, 0.1) is 13.3 Å². The van der Waals surface area contributed by atoms with Gasteiger partial charge in [-0.25, -0.2) is 0 Å². The lowest BCUT2D eigenvalue weighted by Gasteiger charge is -2.02. The van der Waals surface area contributed by atoms with Gasteiger partial charge in [0.25, 0.3) is 0 Å². The van der Waals surface area contributed by atoms with E-state index in [1.54, 1.807) is 18.0 Å². The number of halogens is 1. The average molecular weight is 223 g/mol. The van der Waals surface area contributed by atoms with Crippen LogP contribution in [0.15, 0.2) is 30.5 Å². The van der Waals surface area contributed by atoms with E-state index in [1.165, 1.54) is 0 Å². The molecule has 1 aromatic carbocycles. The van der Waals surface area contributed by atoms with Crippen molar-refractivity contribution in [3.63, 3.8) is 0 Å². The lowest BCUT2D eigenvalue weighted by molar-refractivity contribution is 0.415. The van der Waals surface area contributed by atoms with Crippen LogP contribution >= 0.6 is 11.6 Å². The molecule has 3 nitrogen and oxygen atoms in total. The summed E-state index contributed by atoms with van der Waals surface area (Å²) in [5.74, 6) is 0.832. The van der Waals surface area contributed by atoms with Crippen molar-refractivity contribution in [3.05, 3.63) is 35.6 Å². The van der Waals surface area contributed by atoms with E-state index in [1.807, 2.05) is 31.3 Å². The summed E-state index contributed by atoms with van der Waals surface area (Å²) in [6.07, 6.45) is 1.75. The largest absolute Gasteiger partial charge is 0.497 e. The van der Waals surface area contributed by atoms with Gasteiger partial charge in [-0.1, -0.05) is 23.7 Å². The van der Waals surface area contributed by atoms with E-state index < -0.39 is 0 Å². The first-order valence-electron chi connectivity index (χ1n) is 4.54. The first-order valence-corrected chi connectivity index (χ1v) is 4.92. The minimum atomic E-state index is 0.639. The fraction of sp³-hybridized carbons (Fsp3) is 0.182. The molecule has 0 saturated heterocycles. The monoisotopic (exact) mass is 222 g/mol. The van der Waals surface area contributed by atoms with Gasteiger partial charge in [0.1, 0.15) is 10.9 Å². The molecule has 0 N–H and O–H groups in total. The summed E-state index contributed by atoms with van der Waals surface area (Å²) in [5, 5.41) is 4.73. The minimum absolute atomic E-state index is 0.639. The van der Waals surface area contributed by atoms with E-state index >= 15 is 0 Å². The fourth-order valence-electron chi connectivity index (χ4n) is 1.39. The van der Waals surface area contributed by atoms with Crippen molar-refractivity contribution >= 4 is 11.6 Å². The standard InChI is InChI=1S/C11H11ClN2O/c1-14-11(12)10(7-13-14)8-3-5-9(15-2)6-4-8/h3-7H,1-2H3. The molecule has 0 aliphatic rings. The normalized spacial score (nSPS) is 10.3. The average Bonchev–Trinajstić information content (AvgIpc) is 2.60. The van der Waals surface area contributed by atoms with Crippen molar-refractivity contribution in [1.82, 2.24) is 9.78 Å². The fourth-order valence-corrected chi connectivity index (χ4v) is 1.59. The predicted octanol–water partition coefficient (Wildman–Crippen LogP) is 2.75. The number of rotatable bonds is 2. The highest BCUT2D eigenvalue weighted by molar-refractivity contribution is 6.32. The van der Waals surface area contributed by atoms with Crippen LogP contribution in [-0.4, -0.2) is 16.9 Å². The van der Waals surface area contributed by atoms with Gasteiger partial charge < -0.3 is 4.74 Å². The lowest BCUT2D eigenvalue weighted by atomic mass is 10.1. The van der Waals surface area contributed by atoms with Gasteiger partial charge in [-0.2, -0.15) is 5.10 Å². The van der Waals surface area contributed by atoms with Crippen molar-refractivity contribution in [2.45, 2.75) is 0 Å². The van der Waals surface area contributed by atoms with Crippen molar-refractivity contribution in [2.75, 3.05) is 7.11 Å². The number of nitrogens with zero attached hydrogens (tertiary/aromatic N) is 2. The third-order valence-corrected chi connectivity index (χ3v) is 2.72. The number of hydrogen-bond acceptors (Lipinski definition) is 2. The van der Waals surface area contributed by atoms with Crippen molar-refractivity contribution in [3.8, 4) is 16.9 Å². The van der Waals surface area contributed by atoms with Crippen molar-refractivity contribution < 1.29 is 4.74 Å². The molecule has 0 atom stereocenters. The lowest BCUT2D eigenvalue weighted by Crippen LogP contribution is -1.88. The van der Waals surface area contributed by atoms with Gasteiger partial charge >= 0.3 is 0 Å². The van der Waals surface area contributed by atoms with E-state index in [9.17, 15) is 0 Å². The molecule has 0 spiro atoms. The maximum atomic E-state index is 6.09. The maximum Gasteiger partial charge on any atom is 0.134 e. The van der Waals surface area contributed by atoms with Crippen LogP contribution in [0, 0.1) is 0 Å². The molecule has 4 heteroatoms. The number of ether oxygens (including phenoxy) is 1. The van der Waals surface area contributed by atoms with Gasteiger partial charge in [0, 0.05) is 12.6 Å². The summed E-state index contributed by atoms with van der Waals surface area (Å²) in [7, 11) is 3.46. The summed E-state index contributed by atoms with van der Waals surface area (Å²) in [4.78, 5) is 0.